The minimum absolute atomic E-state index is 0.0391. The number of ether oxygens (including phenoxy) is 5. The van der Waals surface area contributed by atoms with E-state index in [0.29, 0.717) is 59.5 Å². The summed E-state index contributed by atoms with van der Waals surface area (Å²) in [7, 11) is -3.74. The average Bonchev–Trinajstić information content (AvgIpc) is 2.68. The van der Waals surface area contributed by atoms with Crippen molar-refractivity contribution in [1.82, 2.24) is 0 Å². The molecule has 9 heteroatoms. The zero-order chi connectivity index (χ0) is 20.5. The zero-order valence-electron chi connectivity index (χ0n) is 16.8. The largest absolute Gasteiger partial charge is 0.379 e. The predicted molar refractivity (Wildman–Crippen MR) is 104 cm³/mol. The summed E-state index contributed by atoms with van der Waals surface area (Å²) in [5.74, 6) is 0. The molecule has 0 spiro atoms. The molecule has 1 rings (SSSR count). The minimum Gasteiger partial charge on any atom is -0.379 e. The van der Waals surface area contributed by atoms with Gasteiger partial charge in [-0.3, -0.25) is 4.18 Å². The molecule has 0 aliphatic rings. The normalized spacial score (nSPS) is 11.8. The first kappa shape index (κ1) is 25.0. The first-order valence-corrected chi connectivity index (χ1v) is 10.8. The molecule has 0 aromatic heterocycles. The molecule has 162 valence electrons. The molecule has 0 unspecified atom stereocenters. The topological polar surface area (TPSA) is 89.5 Å². The molecule has 0 saturated heterocycles. The summed E-state index contributed by atoms with van der Waals surface area (Å²) in [6.45, 7) is 8.57. The van der Waals surface area contributed by atoms with Gasteiger partial charge in [-0.05, 0) is 26.0 Å². The van der Waals surface area contributed by atoms with Crippen LogP contribution in [-0.2, 0) is 38.0 Å². The van der Waals surface area contributed by atoms with Gasteiger partial charge in [0.2, 0.25) is 0 Å². The molecule has 0 saturated carbocycles. The summed E-state index contributed by atoms with van der Waals surface area (Å²) in [6, 6.07) is 6.50. The first-order valence-electron chi connectivity index (χ1n) is 9.41. The van der Waals surface area contributed by atoms with Crippen LogP contribution in [-0.4, -0.2) is 81.1 Å². The van der Waals surface area contributed by atoms with Crippen LogP contribution < -0.4 is 0 Å². The summed E-state index contributed by atoms with van der Waals surface area (Å²) in [5.41, 5.74) is 0.985. The minimum atomic E-state index is -3.74. The quantitative estimate of drug-likeness (QED) is 0.262. The summed E-state index contributed by atoms with van der Waals surface area (Å²) in [6.07, 6.45) is 0. The number of hydrogen-bond donors (Lipinski definition) is 0. The molecule has 0 aliphatic carbocycles. The molecule has 0 N–H and O–H groups in total. The SMILES string of the molecule is CCOCCOCCOCCOCCOCCOS(=O)(=O)c1ccc(C)cc1. The number of rotatable bonds is 18. The molecule has 1 aromatic carbocycles. The van der Waals surface area contributed by atoms with Crippen LogP contribution in [0.3, 0.4) is 0 Å². The van der Waals surface area contributed by atoms with E-state index in [1.165, 1.54) is 12.1 Å². The highest BCUT2D eigenvalue weighted by Crippen LogP contribution is 2.12. The summed E-state index contributed by atoms with van der Waals surface area (Å²) >= 11 is 0. The lowest BCUT2D eigenvalue weighted by Gasteiger charge is -2.08. The molecule has 0 radical (unpaired) electrons. The fourth-order valence-corrected chi connectivity index (χ4v) is 2.89. The maximum absolute atomic E-state index is 12.0. The molecule has 0 amide bonds. The average molecular weight is 421 g/mol. The molecule has 8 nitrogen and oxygen atoms in total. The molecule has 28 heavy (non-hydrogen) atoms. The molecule has 0 fully saturated rings. The van der Waals surface area contributed by atoms with Crippen molar-refractivity contribution in [3.8, 4) is 0 Å². The van der Waals surface area contributed by atoms with Crippen LogP contribution in [0.15, 0.2) is 29.2 Å². The van der Waals surface area contributed by atoms with Gasteiger partial charge in [-0.15, -0.1) is 0 Å². The summed E-state index contributed by atoms with van der Waals surface area (Å²) < 4.78 is 55.3. The van der Waals surface area contributed by atoms with Crippen LogP contribution in [0, 0.1) is 6.92 Å². The van der Waals surface area contributed by atoms with Crippen LogP contribution in [0.5, 0.6) is 0 Å². The summed E-state index contributed by atoms with van der Waals surface area (Å²) in [5, 5.41) is 0. The molecule has 0 heterocycles. The van der Waals surface area contributed by atoms with Gasteiger partial charge in [0, 0.05) is 6.61 Å². The number of benzene rings is 1. The Morgan fingerprint density at radius 2 is 1.04 bits per heavy atom. The highest BCUT2D eigenvalue weighted by molar-refractivity contribution is 7.86. The molecule has 1 aromatic rings. The molecular weight excluding hydrogens is 388 g/mol. The zero-order valence-corrected chi connectivity index (χ0v) is 17.6. The lowest BCUT2D eigenvalue weighted by Crippen LogP contribution is -2.15. The second kappa shape index (κ2) is 15.8. The van der Waals surface area contributed by atoms with Crippen LogP contribution in [0.25, 0.3) is 0 Å². The number of aryl methyl sites for hydroxylation is 1. The third-order valence-electron chi connectivity index (χ3n) is 3.47. The van der Waals surface area contributed by atoms with Crippen molar-refractivity contribution in [2.45, 2.75) is 18.7 Å². The van der Waals surface area contributed by atoms with E-state index in [1.54, 1.807) is 12.1 Å². The van der Waals surface area contributed by atoms with Crippen molar-refractivity contribution in [3.63, 3.8) is 0 Å². The van der Waals surface area contributed by atoms with Crippen LogP contribution in [0.1, 0.15) is 12.5 Å². The van der Waals surface area contributed by atoms with Gasteiger partial charge < -0.3 is 23.7 Å². The van der Waals surface area contributed by atoms with Crippen molar-refractivity contribution in [2.24, 2.45) is 0 Å². The fourth-order valence-electron chi connectivity index (χ4n) is 2.00. The molecule has 0 aliphatic heterocycles. The lowest BCUT2D eigenvalue weighted by atomic mass is 10.2. The van der Waals surface area contributed by atoms with E-state index in [1.807, 2.05) is 13.8 Å². The van der Waals surface area contributed by atoms with E-state index in [9.17, 15) is 8.42 Å². The van der Waals surface area contributed by atoms with E-state index in [4.69, 9.17) is 27.9 Å². The van der Waals surface area contributed by atoms with Gasteiger partial charge >= 0.3 is 0 Å². The monoisotopic (exact) mass is 420 g/mol. The van der Waals surface area contributed by atoms with E-state index >= 15 is 0 Å². The van der Waals surface area contributed by atoms with Crippen molar-refractivity contribution in [1.29, 1.82) is 0 Å². The lowest BCUT2D eigenvalue weighted by molar-refractivity contribution is -0.0118. The Morgan fingerprint density at radius 3 is 1.46 bits per heavy atom. The van der Waals surface area contributed by atoms with Crippen LogP contribution >= 0.6 is 0 Å². The Labute approximate surface area is 168 Å². The van der Waals surface area contributed by atoms with Gasteiger partial charge in [0.1, 0.15) is 0 Å². The van der Waals surface area contributed by atoms with Gasteiger partial charge in [0.25, 0.3) is 10.1 Å². The van der Waals surface area contributed by atoms with E-state index in [-0.39, 0.29) is 18.1 Å². The Morgan fingerprint density at radius 1 is 0.643 bits per heavy atom. The van der Waals surface area contributed by atoms with Crippen LogP contribution in [0.2, 0.25) is 0 Å². The van der Waals surface area contributed by atoms with Crippen molar-refractivity contribution in [2.75, 3.05) is 72.7 Å². The van der Waals surface area contributed by atoms with Gasteiger partial charge in [-0.25, -0.2) is 0 Å². The summed E-state index contributed by atoms with van der Waals surface area (Å²) in [4.78, 5) is 0.140. The second-order valence-corrected chi connectivity index (χ2v) is 7.35. The van der Waals surface area contributed by atoms with Gasteiger partial charge in [0.05, 0.1) is 71.0 Å². The highest BCUT2D eigenvalue weighted by atomic mass is 32.2. The Bertz CT molecular complexity index is 588. The number of hydrogen-bond acceptors (Lipinski definition) is 8. The Balaban J connectivity index is 1.88. The molecule has 0 atom stereocenters. The van der Waals surface area contributed by atoms with Crippen molar-refractivity contribution < 1.29 is 36.3 Å². The van der Waals surface area contributed by atoms with E-state index < -0.39 is 10.1 Å². The maximum atomic E-state index is 12.0. The van der Waals surface area contributed by atoms with Gasteiger partial charge in [-0.2, -0.15) is 8.42 Å². The maximum Gasteiger partial charge on any atom is 0.297 e. The van der Waals surface area contributed by atoms with Crippen molar-refractivity contribution >= 4 is 10.1 Å². The highest BCUT2D eigenvalue weighted by Gasteiger charge is 2.14. The third-order valence-corrected chi connectivity index (χ3v) is 4.79. The first-order chi connectivity index (χ1) is 13.6. The standard InChI is InChI=1S/C19H32O8S/c1-3-22-8-9-23-10-11-24-12-13-25-14-15-26-16-17-27-28(20,21)19-6-4-18(2)5-7-19/h4-7H,3,8-17H2,1-2H3. The van der Waals surface area contributed by atoms with E-state index in [0.717, 1.165) is 5.56 Å². The Kier molecular flexibility index (Phi) is 14.1. The second-order valence-electron chi connectivity index (χ2n) is 5.74. The van der Waals surface area contributed by atoms with E-state index in [2.05, 4.69) is 0 Å². The van der Waals surface area contributed by atoms with Gasteiger partial charge in [0.15, 0.2) is 0 Å². The molecule has 0 bridgehead atoms. The molecular formula is C19H32O8S. The smallest absolute Gasteiger partial charge is 0.297 e. The van der Waals surface area contributed by atoms with Gasteiger partial charge in [-0.1, -0.05) is 17.7 Å². The Hall–Kier alpha value is -1.07. The third kappa shape index (κ3) is 12.4. The van der Waals surface area contributed by atoms with Crippen LogP contribution in [0.4, 0.5) is 0 Å². The van der Waals surface area contributed by atoms with Crippen molar-refractivity contribution in [3.05, 3.63) is 29.8 Å². The fraction of sp³-hybridized carbons (Fsp3) is 0.684. The predicted octanol–water partition coefficient (Wildman–Crippen LogP) is 1.80.